The lowest BCUT2D eigenvalue weighted by Gasteiger charge is -2.07. The number of nitrogens with one attached hydrogen (secondary N) is 1. The van der Waals surface area contributed by atoms with Gasteiger partial charge in [0.2, 0.25) is 0 Å². The van der Waals surface area contributed by atoms with Crippen molar-refractivity contribution in [2.75, 3.05) is 5.32 Å². The third-order valence-electron chi connectivity index (χ3n) is 3.44. The average Bonchev–Trinajstić information content (AvgIpc) is 3.20. The van der Waals surface area contributed by atoms with Crippen molar-refractivity contribution in [2.45, 2.75) is 13.5 Å². The monoisotopic (exact) mass is 357 g/mol. The summed E-state index contributed by atoms with van der Waals surface area (Å²) in [5.41, 5.74) is 1.24. The fourth-order valence-corrected chi connectivity index (χ4v) is 3.20. The Kier molecular flexibility index (Phi) is 4.85. The first kappa shape index (κ1) is 16.8. The molecule has 0 fully saturated rings. The van der Waals surface area contributed by atoms with Gasteiger partial charge in [-0.25, -0.2) is 9.59 Å². The van der Waals surface area contributed by atoms with Crippen molar-refractivity contribution < 1.29 is 23.8 Å². The lowest BCUT2D eigenvalue weighted by atomic mass is 10.1. The van der Waals surface area contributed by atoms with Crippen LogP contribution in [-0.2, 0) is 11.3 Å². The molecule has 0 spiro atoms. The van der Waals surface area contributed by atoms with E-state index < -0.39 is 12.1 Å². The minimum atomic E-state index is -1.15. The van der Waals surface area contributed by atoms with Gasteiger partial charge < -0.3 is 14.3 Å². The number of aryl methyl sites for hydroxylation is 1. The maximum absolute atomic E-state index is 12.0. The molecule has 0 aliphatic rings. The molecule has 0 saturated carbocycles. The Bertz CT molecular complexity index is 897. The Morgan fingerprint density at radius 1 is 1.20 bits per heavy atom. The van der Waals surface area contributed by atoms with Crippen molar-refractivity contribution in [3.8, 4) is 11.3 Å². The predicted molar refractivity (Wildman–Crippen MR) is 94.0 cm³/mol. The van der Waals surface area contributed by atoms with E-state index >= 15 is 0 Å². The normalized spacial score (nSPS) is 10.4. The molecule has 2 aromatic heterocycles. The highest BCUT2D eigenvalue weighted by atomic mass is 32.1. The summed E-state index contributed by atoms with van der Waals surface area (Å²) in [6.45, 7) is 1.88. The minimum absolute atomic E-state index is 0.0176. The van der Waals surface area contributed by atoms with Gasteiger partial charge in [-0.3, -0.25) is 5.32 Å². The summed E-state index contributed by atoms with van der Waals surface area (Å²) in [5, 5.41) is 13.8. The summed E-state index contributed by atoms with van der Waals surface area (Å²) in [6, 6.07) is 12.7. The Balaban J connectivity index is 1.75. The van der Waals surface area contributed by atoms with E-state index in [1.165, 1.54) is 0 Å². The minimum Gasteiger partial charge on any atom is -0.478 e. The van der Waals surface area contributed by atoms with Crippen molar-refractivity contribution in [2.24, 2.45) is 0 Å². The number of carbonyl (C=O) groups excluding carboxylic acids is 1. The summed E-state index contributed by atoms with van der Waals surface area (Å²) in [7, 11) is 0. The van der Waals surface area contributed by atoms with E-state index in [0.717, 1.165) is 16.9 Å². The van der Waals surface area contributed by atoms with Gasteiger partial charge in [0.1, 0.15) is 28.7 Å². The summed E-state index contributed by atoms with van der Waals surface area (Å²) < 4.78 is 10.6. The van der Waals surface area contributed by atoms with Gasteiger partial charge in [-0.2, -0.15) is 0 Å². The summed E-state index contributed by atoms with van der Waals surface area (Å²) >= 11 is 1.11. The Morgan fingerprint density at radius 3 is 2.60 bits per heavy atom. The number of furan rings is 1. The molecule has 3 aromatic rings. The number of thiophene rings is 1. The molecule has 25 heavy (non-hydrogen) atoms. The van der Waals surface area contributed by atoms with E-state index in [-0.39, 0.29) is 17.2 Å². The Morgan fingerprint density at radius 2 is 1.96 bits per heavy atom. The van der Waals surface area contributed by atoms with E-state index in [2.05, 4.69) is 5.32 Å². The number of carbonyl (C=O) groups is 2. The van der Waals surface area contributed by atoms with Crippen LogP contribution in [0.25, 0.3) is 11.3 Å². The highest BCUT2D eigenvalue weighted by Crippen LogP contribution is 2.36. The van der Waals surface area contributed by atoms with Crippen molar-refractivity contribution in [3.05, 3.63) is 64.7 Å². The third-order valence-corrected chi connectivity index (χ3v) is 4.33. The topological polar surface area (TPSA) is 88.8 Å². The van der Waals surface area contributed by atoms with E-state index in [4.69, 9.17) is 9.15 Å². The first-order valence-corrected chi connectivity index (χ1v) is 8.32. The first-order valence-electron chi connectivity index (χ1n) is 7.44. The van der Waals surface area contributed by atoms with Gasteiger partial charge in [0.25, 0.3) is 0 Å². The number of ether oxygens (including phenoxy) is 1. The number of benzene rings is 1. The lowest BCUT2D eigenvalue weighted by Crippen LogP contribution is -2.14. The van der Waals surface area contributed by atoms with E-state index in [1.807, 2.05) is 30.3 Å². The number of aromatic carboxylic acids is 1. The molecule has 6 nitrogen and oxygen atoms in total. The van der Waals surface area contributed by atoms with Crippen LogP contribution in [-0.4, -0.2) is 17.2 Å². The van der Waals surface area contributed by atoms with Crippen LogP contribution in [0.1, 0.15) is 21.7 Å². The molecule has 2 heterocycles. The van der Waals surface area contributed by atoms with Crippen LogP contribution >= 0.6 is 11.3 Å². The number of carboxylic acid groups (broad SMARTS) is 1. The fraction of sp³-hybridized carbons (Fsp3) is 0.111. The number of hydrogen-bond acceptors (Lipinski definition) is 5. The average molecular weight is 357 g/mol. The molecule has 0 aliphatic carbocycles. The molecule has 2 N–H and O–H groups in total. The second kappa shape index (κ2) is 7.23. The van der Waals surface area contributed by atoms with Crippen LogP contribution in [0.15, 0.2) is 52.3 Å². The van der Waals surface area contributed by atoms with E-state index in [1.54, 1.807) is 24.4 Å². The largest absolute Gasteiger partial charge is 0.478 e. The van der Waals surface area contributed by atoms with E-state index in [9.17, 15) is 14.7 Å². The number of carboxylic acids is 1. The van der Waals surface area contributed by atoms with Gasteiger partial charge in [-0.1, -0.05) is 30.3 Å². The van der Waals surface area contributed by atoms with Crippen molar-refractivity contribution in [1.82, 2.24) is 0 Å². The number of anilines is 1. The van der Waals surface area contributed by atoms with Gasteiger partial charge >= 0.3 is 12.1 Å². The van der Waals surface area contributed by atoms with Crippen LogP contribution in [0.2, 0.25) is 0 Å². The summed E-state index contributed by atoms with van der Waals surface area (Å²) in [6.07, 6.45) is -0.713. The van der Waals surface area contributed by atoms with Gasteiger partial charge in [0, 0.05) is 10.9 Å². The molecule has 0 bridgehead atoms. The zero-order valence-corrected chi connectivity index (χ0v) is 14.1. The number of hydrogen-bond donors (Lipinski definition) is 2. The van der Waals surface area contributed by atoms with Crippen LogP contribution in [0, 0.1) is 6.92 Å². The second-order valence-electron chi connectivity index (χ2n) is 5.26. The molecular formula is C18H15NO5S. The second-order valence-corrected chi connectivity index (χ2v) is 6.14. The van der Waals surface area contributed by atoms with Gasteiger partial charge in [0.05, 0.1) is 0 Å². The lowest BCUT2D eigenvalue weighted by molar-refractivity contribution is 0.0699. The van der Waals surface area contributed by atoms with Crippen molar-refractivity contribution in [1.29, 1.82) is 0 Å². The molecule has 1 amide bonds. The maximum Gasteiger partial charge on any atom is 0.412 e. The highest BCUT2D eigenvalue weighted by Gasteiger charge is 2.23. The van der Waals surface area contributed by atoms with Crippen LogP contribution < -0.4 is 5.32 Å². The fourth-order valence-electron chi connectivity index (χ4n) is 2.27. The zero-order valence-electron chi connectivity index (χ0n) is 13.3. The number of rotatable bonds is 5. The molecule has 3 rings (SSSR count). The molecule has 0 saturated heterocycles. The Hall–Kier alpha value is -3.06. The predicted octanol–water partition coefficient (Wildman–Crippen LogP) is 4.76. The van der Waals surface area contributed by atoms with Gasteiger partial charge in [-0.05, 0) is 24.6 Å². The molecular weight excluding hydrogens is 342 g/mol. The molecule has 0 atom stereocenters. The standard InChI is InChI=1S/C18H15NO5S/c1-11-7-8-14(24-11)13-10-25-16(15(13)17(20)21)19-18(22)23-9-12-5-3-2-4-6-12/h2-8,10H,9H2,1H3,(H,19,22)(H,20,21). The number of amides is 1. The Labute approximate surface area is 147 Å². The molecule has 1 aromatic carbocycles. The van der Waals surface area contributed by atoms with Crippen molar-refractivity contribution >= 4 is 28.4 Å². The van der Waals surface area contributed by atoms with Gasteiger partial charge in [-0.15, -0.1) is 11.3 Å². The molecule has 7 heteroatoms. The zero-order chi connectivity index (χ0) is 17.8. The molecule has 128 valence electrons. The first-order chi connectivity index (χ1) is 12.0. The molecule has 0 aliphatic heterocycles. The van der Waals surface area contributed by atoms with Gasteiger partial charge in [0.15, 0.2) is 0 Å². The third kappa shape index (κ3) is 3.89. The summed E-state index contributed by atoms with van der Waals surface area (Å²) in [4.78, 5) is 23.6. The van der Waals surface area contributed by atoms with E-state index in [0.29, 0.717) is 17.1 Å². The van der Waals surface area contributed by atoms with Crippen LogP contribution in [0.3, 0.4) is 0 Å². The summed E-state index contributed by atoms with van der Waals surface area (Å²) in [5.74, 6) is -0.0326. The molecule has 0 unspecified atom stereocenters. The highest BCUT2D eigenvalue weighted by molar-refractivity contribution is 7.15. The molecule has 0 radical (unpaired) electrons. The smallest absolute Gasteiger partial charge is 0.412 e. The van der Waals surface area contributed by atoms with Crippen LogP contribution in [0.5, 0.6) is 0 Å². The van der Waals surface area contributed by atoms with Crippen molar-refractivity contribution in [3.63, 3.8) is 0 Å². The SMILES string of the molecule is Cc1ccc(-c2csc(NC(=O)OCc3ccccc3)c2C(=O)O)o1. The van der Waals surface area contributed by atoms with Crippen LogP contribution in [0.4, 0.5) is 9.80 Å². The quantitative estimate of drug-likeness (QED) is 0.687. The maximum atomic E-state index is 12.0.